The minimum absolute atomic E-state index is 0. The van der Waals surface area contributed by atoms with E-state index in [1.807, 2.05) is 36.4 Å². The molecule has 8 rings (SSSR count). The van der Waals surface area contributed by atoms with Crippen molar-refractivity contribution in [1.82, 2.24) is 9.80 Å². The predicted octanol–water partition coefficient (Wildman–Crippen LogP) is 11.1. The van der Waals surface area contributed by atoms with E-state index in [4.69, 9.17) is 0 Å². The van der Waals surface area contributed by atoms with Crippen LogP contribution in [-0.4, -0.2) is 53.5 Å². The topological polar surface area (TPSA) is 78.0 Å². The lowest BCUT2D eigenvalue weighted by Gasteiger charge is -2.53. The summed E-state index contributed by atoms with van der Waals surface area (Å²) >= 11 is 0. The first-order chi connectivity index (χ1) is 16.8. The molecule has 7 nitrogen and oxygen atoms in total. The highest BCUT2D eigenvalue weighted by molar-refractivity contribution is 8.78. The molecule has 4 fully saturated rings. The van der Waals surface area contributed by atoms with Crippen LogP contribution in [0, 0.1) is 0 Å². The molecule has 47 heavy (non-hydrogen) atoms. The van der Waals surface area contributed by atoms with Crippen LogP contribution in [0.1, 0.15) is 108 Å². The van der Waals surface area contributed by atoms with Crippen molar-refractivity contribution in [3.05, 3.63) is 84.0 Å². The van der Waals surface area contributed by atoms with Gasteiger partial charge in [-0.2, -0.15) is 0 Å². The largest absolute Gasteiger partial charge is 0.322 e. The summed E-state index contributed by atoms with van der Waals surface area (Å²) in [6.45, 7) is 0. The summed E-state index contributed by atoms with van der Waals surface area (Å²) < 4.78 is 30.0. The summed E-state index contributed by atoms with van der Waals surface area (Å²) in [5.41, 5.74) is 1.50. The van der Waals surface area contributed by atoms with Gasteiger partial charge >= 0.3 is 0 Å². The minimum atomic E-state index is -4.05. The Balaban J connectivity index is -0.000000350. The number of likely N-dealkylation sites (N-methyl/N-ethyl adjacent to an activating group) is 1. The lowest BCUT2D eigenvalue weighted by atomic mass is 9.72. The number of sulfonamides is 1. The van der Waals surface area contributed by atoms with Gasteiger partial charge in [-0.1, -0.05) is 165 Å². The molecule has 0 radical (unpaired) electrons. The van der Waals surface area contributed by atoms with Crippen molar-refractivity contribution in [2.24, 2.45) is 0 Å². The fourth-order valence-corrected chi connectivity index (χ4v) is 11.5. The van der Waals surface area contributed by atoms with Gasteiger partial charge in [0.2, 0.25) is 0 Å². The van der Waals surface area contributed by atoms with E-state index in [0.717, 1.165) is 17.6 Å². The smallest absolute Gasteiger partial charge is 0.266 e. The number of piperazine rings is 1. The van der Waals surface area contributed by atoms with Gasteiger partial charge in [-0.15, -0.1) is 0 Å². The van der Waals surface area contributed by atoms with Gasteiger partial charge in [0.1, 0.15) is 6.17 Å². The molecule has 0 N–H and O–H groups in total. The van der Waals surface area contributed by atoms with Gasteiger partial charge in [0.05, 0.1) is 16.0 Å². The lowest BCUT2D eigenvalue weighted by Crippen LogP contribution is -2.72. The number of nitrogens with zero attached hydrogens (tertiary/aromatic N) is 3. The van der Waals surface area contributed by atoms with Crippen LogP contribution in [0.2, 0.25) is 0 Å². The summed E-state index contributed by atoms with van der Waals surface area (Å²) in [5, 5.41) is -0.678. The SMILES string of the molecule is C.C.C.C.C.C.C.C.C.C.C.C.CN1C(=O)[C@@]23C[C@]4(C5=CCC=C5)c5ccccc5N(S(=O)(=O)c5ccccc5)[C@@H]4N2C(=O)[C@@H]1SS3. The first-order valence-electron chi connectivity index (χ1n) is 11.4. The van der Waals surface area contributed by atoms with Crippen molar-refractivity contribution in [2.45, 2.75) is 129 Å². The molecule has 1 aliphatic carbocycles. The Morgan fingerprint density at radius 2 is 1.34 bits per heavy atom. The average molecular weight is 716 g/mol. The molecule has 10 heteroatoms. The van der Waals surface area contributed by atoms with Crippen molar-refractivity contribution in [3.8, 4) is 0 Å². The average Bonchev–Trinajstić information content (AvgIpc) is 3.56. The predicted molar refractivity (Wildman–Crippen MR) is 217 cm³/mol. The van der Waals surface area contributed by atoms with Crippen LogP contribution in [0.4, 0.5) is 5.69 Å². The van der Waals surface area contributed by atoms with Crippen LogP contribution < -0.4 is 4.31 Å². The first-order valence-corrected chi connectivity index (χ1v) is 15.0. The minimum Gasteiger partial charge on any atom is -0.322 e. The van der Waals surface area contributed by atoms with E-state index in [1.165, 1.54) is 30.8 Å². The number of fused-ring (bicyclic) bond motifs is 5. The summed E-state index contributed by atoms with van der Waals surface area (Å²) in [7, 11) is 0.406. The van der Waals surface area contributed by atoms with Gasteiger partial charge in [0.25, 0.3) is 21.8 Å². The van der Waals surface area contributed by atoms with Gasteiger partial charge in [0.15, 0.2) is 10.2 Å². The molecule has 6 aliphatic rings. The second-order valence-electron chi connectivity index (χ2n) is 9.39. The number of anilines is 1. The van der Waals surface area contributed by atoms with Crippen LogP contribution in [0.3, 0.4) is 0 Å². The molecule has 5 heterocycles. The molecule has 274 valence electrons. The first kappa shape index (κ1) is 56.6. The normalized spacial score (nSPS) is 24.4. The monoisotopic (exact) mass is 715 g/mol. The third-order valence-corrected chi connectivity index (χ3v) is 12.8. The van der Waals surface area contributed by atoms with Crippen LogP contribution in [0.15, 0.2) is 83.3 Å². The van der Waals surface area contributed by atoms with Crippen LogP contribution in [0.25, 0.3) is 0 Å². The number of benzene rings is 2. The van der Waals surface area contributed by atoms with E-state index in [2.05, 4.69) is 6.08 Å². The fraction of sp³-hybridized carbons (Fsp3) is 0.514. The second-order valence-corrected chi connectivity index (χ2v) is 13.8. The van der Waals surface area contributed by atoms with Crippen LogP contribution in [-0.2, 0) is 25.0 Å². The molecule has 0 saturated carbocycles. The molecule has 2 aromatic rings. The van der Waals surface area contributed by atoms with Gasteiger partial charge in [-0.3, -0.25) is 14.5 Å². The fourth-order valence-electron chi connectivity index (χ4n) is 6.33. The summed E-state index contributed by atoms with van der Waals surface area (Å²) in [5.74, 6) is -0.358. The zero-order valence-electron chi connectivity index (χ0n) is 18.7. The van der Waals surface area contributed by atoms with E-state index < -0.39 is 31.8 Å². The number of hydrogen-bond donors (Lipinski definition) is 0. The van der Waals surface area contributed by atoms with Crippen molar-refractivity contribution >= 4 is 49.1 Å². The van der Waals surface area contributed by atoms with Crippen molar-refractivity contribution in [1.29, 1.82) is 0 Å². The van der Waals surface area contributed by atoms with Crippen molar-refractivity contribution in [3.63, 3.8) is 0 Å². The molecule has 0 aromatic heterocycles. The van der Waals surface area contributed by atoms with E-state index in [-0.39, 0.29) is 106 Å². The highest BCUT2D eigenvalue weighted by Crippen LogP contribution is 2.69. The maximum Gasteiger partial charge on any atom is 0.266 e. The summed E-state index contributed by atoms with van der Waals surface area (Å²) in [6.07, 6.45) is 6.35. The molecular weight excluding hydrogens is 647 g/mol. The van der Waals surface area contributed by atoms with E-state index in [0.29, 0.717) is 12.1 Å². The second kappa shape index (κ2) is 18.7. The Labute approximate surface area is 299 Å². The van der Waals surface area contributed by atoms with Gasteiger partial charge in [-0.05, 0) is 35.8 Å². The molecular formula is C37H69N3O4S3. The lowest BCUT2D eigenvalue weighted by molar-refractivity contribution is -0.158. The van der Waals surface area contributed by atoms with Crippen LogP contribution in [0.5, 0.6) is 0 Å². The van der Waals surface area contributed by atoms with E-state index >= 15 is 0 Å². The molecule has 2 aromatic carbocycles. The number of carbonyl (C=O) groups is 2. The zero-order chi connectivity index (χ0) is 24.2. The third-order valence-electron chi connectivity index (χ3n) is 7.76. The Bertz CT molecular complexity index is 1480. The number of allylic oxidation sites excluding steroid dienone is 3. The molecule has 5 aliphatic heterocycles. The van der Waals surface area contributed by atoms with Gasteiger partial charge in [-0.25, -0.2) is 12.7 Å². The summed E-state index contributed by atoms with van der Waals surface area (Å²) in [6, 6.07) is 15.8. The highest BCUT2D eigenvalue weighted by Gasteiger charge is 2.77. The number of para-hydroxylation sites is 1. The molecule has 0 unspecified atom stereocenters. The van der Waals surface area contributed by atoms with Gasteiger partial charge < -0.3 is 4.90 Å². The quantitative estimate of drug-likeness (QED) is 0.294. The maximum atomic E-state index is 14.3. The Hall–Kier alpha value is -2.69. The molecule has 4 atom stereocenters. The van der Waals surface area contributed by atoms with E-state index in [1.54, 1.807) is 42.3 Å². The maximum absolute atomic E-state index is 14.3. The van der Waals surface area contributed by atoms with Crippen molar-refractivity contribution < 1.29 is 18.0 Å². The van der Waals surface area contributed by atoms with Crippen molar-refractivity contribution in [2.75, 3.05) is 11.4 Å². The Morgan fingerprint density at radius 3 is 1.89 bits per heavy atom. The Morgan fingerprint density at radius 1 is 0.787 bits per heavy atom. The molecule has 4 saturated heterocycles. The number of hydrogen-bond acceptors (Lipinski definition) is 6. The zero-order valence-corrected chi connectivity index (χ0v) is 21.1. The molecule has 2 bridgehead atoms. The van der Waals surface area contributed by atoms with Gasteiger partial charge in [0, 0.05) is 13.5 Å². The standard InChI is InChI=1S/C25H21N3O4S3.12CH4/c1-26-21-20(29)27-22-24(16-9-5-6-10-16,15-25(27,23(26)30)34-33-21)18-13-7-8-14-19(18)28(22)35(31,32)17-11-3-2-4-12-17;;;;;;;;;;;;/h2-5,7-14,21-22H,6,15H2,1H3;12*1H4/t21-,22-,24-,25-;;;;;;;;;;;;/m0............/s1. The molecule has 1 spiro atoms. The van der Waals surface area contributed by atoms with E-state index in [9.17, 15) is 18.0 Å². The molecule has 2 amide bonds. The summed E-state index contributed by atoms with van der Waals surface area (Å²) in [4.78, 5) is 29.8. The third kappa shape index (κ3) is 6.66. The Kier molecular flexibility index (Phi) is 22.6. The van der Waals surface area contributed by atoms with Crippen LogP contribution >= 0.6 is 21.6 Å². The highest BCUT2D eigenvalue weighted by atomic mass is 33.1. The number of amides is 2. The number of rotatable bonds is 3. The number of carbonyl (C=O) groups excluding carboxylic acids is 2.